The van der Waals surface area contributed by atoms with Crippen molar-refractivity contribution in [3.63, 3.8) is 0 Å². The zero-order valence-electron chi connectivity index (χ0n) is 12.7. The second-order valence-corrected chi connectivity index (χ2v) is 6.14. The first kappa shape index (κ1) is 14.8. The van der Waals surface area contributed by atoms with Gasteiger partial charge in [-0.1, -0.05) is 6.07 Å². The van der Waals surface area contributed by atoms with Gasteiger partial charge < -0.3 is 14.7 Å². The molecule has 2 aliphatic heterocycles. The molecule has 2 saturated heterocycles. The molecule has 0 spiro atoms. The molecule has 0 amide bonds. The highest BCUT2D eigenvalue weighted by Gasteiger charge is 2.25. The van der Waals surface area contributed by atoms with E-state index in [0.717, 1.165) is 32.0 Å². The largest absolute Gasteiger partial charge is 0.394 e. The number of aromatic nitrogens is 1. The van der Waals surface area contributed by atoms with Crippen LogP contribution in [-0.4, -0.2) is 60.0 Å². The molecule has 2 aliphatic rings. The minimum atomic E-state index is -0.0574. The lowest BCUT2D eigenvalue weighted by Gasteiger charge is -2.37. The van der Waals surface area contributed by atoms with E-state index in [1.54, 1.807) is 0 Å². The fourth-order valence-electron chi connectivity index (χ4n) is 3.08. The van der Waals surface area contributed by atoms with Crippen molar-refractivity contribution < 1.29 is 9.84 Å². The molecule has 5 heteroatoms. The summed E-state index contributed by atoms with van der Waals surface area (Å²) >= 11 is 0. The van der Waals surface area contributed by atoms with Crippen molar-refractivity contribution in [2.24, 2.45) is 0 Å². The lowest BCUT2D eigenvalue weighted by atomic mass is 10.1. The van der Waals surface area contributed by atoms with Crippen LogP contribution in [0.3, 0.4) is 0 Å². The molecule has 0 aliphatic carbocycles. The average molecular weight is 291 g/mol. The summed E-state index contributed by atoms with van der Waals surface area (Å²) in [6.45, 7) is 6.86. The lowest BCUT2D eigenvalue weighted by Crippen LogP contribution is -2.48. The number of rotatable bonds is 4. The molecule has 1 aromatic heterocycles. The van der Waals surface area contributed by atoms with Crippen molar-refractivity contribution >= 4 is 5.82 Å². The maximum atomic E-state index is 9.25. The molecule has 0 saturated carbocycles. The topological polar surface area (TPSA) is 48.8 Å². The summed E-state index contributed by atoms with van der Waals surface area (Å²) in [5.74, 6) is 1.10. The molecule has 0 aromatic carbocycles. The van der Waals surface area contributed by atoms with Crippen LogP contribution in [0.5, 0.6) is 0 Å². The molecule has 2 fully saturated rings. The molecule has 2 unspecified atom stereocenters. The maximum Gasteiger partial charge on any atom is 0.128 e. The normalized spacial score (nSPS) is 27.2. The van der Waals surface area contributed by atoms with Crippen molar-refractivity contribution in [1.82, 2.24) is 9.88 Å². The van der Waals surface area contributed by atoms with Crippen LogP contribution in [0.15, 0.2) is 18.3 Å². The summed E-state index contributed by atoms with van der Waals surface area (Å²) in [4.78, 5) is 9.32. The van der Waals surface area contributed by atoms with Crippen molar-refractivity contribution in [3.8, 4) is 0 Å². The van der Waals surface area contributed by atoms with E-state index in [0.29, 0.717) is 12.6 Å². The van der Waals surface area contributed by atoms with Gasteiger partial charge in [-0.05, 0) is 31.4 Å². The highest BCUT2D eigenvalue weighted by Crippen LogP contribution is 2.19. The minimum absolute atomic E-state index is 0.0574. The molecular weight excluding hydrogens is 266 g/mol. The van der Waals surface area contributed by atoms with Gasteiger partial charge in [0.1, 0.15) is 5.82 Å². The third kappa shape index (κ3) is 3.54. The molecule has 3 rings (SSSR count). The lowest BCUT2D eigenvalue weighted by molar-refractivity contribution is -0.0805. The van der Waals surface area contributed by atoms with E-state index >= 15 is 0 Å². The molecule has 0 radical (unpaired) electrons. The number of nitrogens with zero attached hydrogens (tertiary/aromatic N) is 3. The van der Waals surface area contributed by atoms with E-state index in [4.69, 9.17) is 4.74 Å². The van der Waals surface area contributed by atoms with Crippen molar-refractivity contribution in [3.05, 3.63) is 23.9 Å². The van der Waals surface area contributed by atoms with Gasteiger partial charge in [0.15, 0.2) is 0 Å². The molecule has 0 bridgehead atoms. The maximum absolute atomic E-state index is 9.25. The van der Waals surface area contributed by atoms with Crippen LogP contribution >= 0.6 is 0 Å². The Morgan fingerprint density at radius 1 is 1.33 bits per heavy atom. The van der Waals surface area contributed by atoms with Gasteiger partial charge in [-0.15, -0.1) is 0 Å². The van der Waals surface area contributed by atoms with Gasteiger partial charge in [-0.2, -0.15) is 0 Å². The van der Waals surface area contributed by atoms with Crippen LogP contribution in [0.4, 0.5) is 5.82 Å². The highest BCUT2D eigenvalue weighted by atomic mass is 16.5. The van der Waals surface area contributed by atoms with Crippen LogP contribution in [-0.2, 0) is 11.3 Å². The average Bonchev–Trinajstić information content (AvgIpc) is 3.04. The second-order valence-electron chi connectivity index (χ2n) is 6.14. The van der Waals surface area contributed by atoms with E-state index in [9.17, 15) is 5.11 Å². The van der Waals surface area contributed by atoms with E-state index in [1.165, 1.54) is 18.4 Å². The second kappa shape index (κ2) is 6.73. The summed E-state index contributed by atoms with van der Waals surface area (Å²) in [7, 11) is 0. The minimum Gasteiger partial charge on any atom is -0.394 e. The van der Waals surface area contributed by atoms with Crippen LogP contribution in [0.1, 0.15) is 25.3 Å². The fourth-order valence-corrected chi connectivity index (χ4v) is 3.08. The number of aliphatic hydroxyl groups excluding tert-OH is 1. The Kier molecular flexibility index (Phi) is 4.73. The summed E-state index contributed by atoms with van der Waals surface area (Å²) in [5.41, 5.74) is 1.23. The zero-order valence-corrected chi connectivity index (χ0v) is 12.7. The van der Waals surface area contributed by atoms with Crippen LogP contribution in [0.2, 0.25) is 0 Å². The highest BCUT2D eigenvalue weighted by molar-refractivity contribution is 5.40. The van der Waals surface area contributed by atoms with Crippen molar-refractivity contribution in [2.45, 2.75) is 38.5 Å². The standard InChI is InChI=1S/C16H25N3O2/c1-13-12-21-15(11-20)10-19(13)9-14-4-5-16(17-8-14)18-6-2-3-7-18/h4-5,8,13,15,20H,2-3,6-7,9-12H2,1H3. The first-order valence-electron chi connectivity index (χ1n) is 7.92. The van der Waals surface area contributed by atoms with E-state index in [1.807, 2.05) is 6.20 Å². The van der Waals surface area contributed by atoms with Gasteiger partial charge in [0.05, 0.1) is 19.3 Å². The van der Waals surface area contributed by atoms with Gasteiger partial charge in [0.2, 0.25) is 0 Å². The smallest absolute Gasteiger partial charge is 0.128 e. The number of anilines is 1. The number of hydrogen-bond acceptors (Lipinski definition) is 5. The monoisotopic (exact) mass is 291 g/mol. The summed E-state index contributed by atoms with van der Waals surface area (Å²) < 4.78 is 5.58. The molecule has 1 N–H and O–H groups in total. The van der Waals surface area contributed by atoms with Gasteiger partial charge in [-0.3, -0.25) is 4.90 Å². The van der Waals surface area contributed by atoms with Crippen LogP contribution in [0, 0.1) is 0 Å². The molecule has 116 valence electrons. The number of aliphatic hydroxyl groups is 1. The molecule has 21 heavy (non-hydrogen) atoms. The predicted molar refractivity (Wildman–Crippen MR) is 82.4 cm³/mol. The number of pyridine rings is 1. The first-order chi connectivity index (χ1) is 10.3. The summed E-state index contributed by atoms with van der Waals surface area (Å²) in [6, 6.07) is 4.69. The third-order valence-corrected chi connectivity index (χ3v) is 4.46. The SMILES string of the molecule is CC1COC(CO)CN1Cc1ccc(N2CCCC2)nc1. The van der Waals surface area contributed by atoms with Crippen molar-refractivity contribution in [2.75, 3.05) is 37.7 Å². The fraction of sp³-hybridized carbons (Fsp3) is 0.688. The van der Waals surface area contributed by atoms with Gasteiger partial charge in [0, 0.05) is 38.4 Å². The first-order valence-corrected chi connectivity index (χ1v) is 7.92. The van der Waals surface area contributed by atoms with Gasteiger partial charge in [0.25, 0.3) is 0 Å². The Labute approximate surface area is 126 Å². The number of ether oxygens (including phenoxy) is 1. The van der Waals surface area contributed by atoms with Crippen LogP contribution < -0.4 is 4.90 Å². The third-order valence-electron chi connectivity index (χ3n) is 4.46. The Bertz CT molecular complexity index is 445. The zero-order chi connectivity index (χ0) is 14.7. The number of hydrogen-bond donors (Lipinski definition) is 1. The van der Waals surface area contributed by atoms with E-state index < -0.39 is 0 Å². The van der Waals surface area contributed by atoms with E-state index in [-0.39, 0.29) is 12.7 Å². The predicted octanol–water partition coefficient (Wildman–Crippen LogP) is 1.26. The Balaban J connectivity index is 1.61. The summed E-state index contributed by atoms with van der Waals surface area (Å²) in [5, 5.41) is 9.25. The Morgan fingerprint density at radius 3 is 2.81 bits per heavy atom. The molecule has 5 nitrogen and oxygen atoms in total. The van der Waals surface area contributed by atoms with Gasteiger partial charge in [-0.25, -0.2) is 4.98 Å². The molecule has 2 atom stereocenters. The quantitative estimate of drug-likeness (QED) is 0.905. The van der Waals surface area contributed by atoms with E-state index in [2.05, 4.69) is 33.8 Å². The Hall–Kier alpha value is -1.17. The number of morpholine rings is 1. The van der Waals surface area contributed by atoms with Gasteiger partial charge >= 0.3 is 0 Å². The molecular formula is C16H25N3O2. The summed E-state index contributed by atoms with van der Waals surface area (Å²) in [6.07, 6.45) is 4.48. The van der Waals surface area contributed by atoms with Crippen molar-refractivity contribution in [1.29, 1.82) is 0 Å². The molecule has 3 heterocycles. The molecule has 1 aromatic rings. The van der Waals surface area contributed by atoms with Crippen LogP contribution in [0.25, 0.3) is 0 Å². The Morgan fingerprint density at radius 2 is 2.14 bits per heavy atom.